The van der Waals surface area contributed by atoms with Crippen LogP contribution in [-0.2, 0) is 11.3 Å². The van der Waals surface area contributed by atoms with Gasteiger partial charge in [0.2, 0.25) is 0 Å². The molecule has 5 heteroatoms. The maximum atomic E-state index is 12.1. The number of para-hydroxylation sites is 1. The topological polar surface area (TPSA) is 62.9 Å². The molecule has 19 heavy (non-hydrogen) atoms. The van der Waals surface area contributed by atoms with Crippen LogP contribution in [0.2, 0.25) is 0 Å². The van der Waals surface area contributed by atoms with Crippen molar-refractivity contribution in [2.45, 2.75) is 6.61 Å². The third-order valence-electron chi connectivity index (χ3n) is 3.32. The van der Waals surface area contributed by atoms with Crippen molar-refractivity contribution >= 4 is 16.9 Å². The highest BCUT2D eigenvalue weighted by Gasteiger charge is 2.16. The predicted octanol–water partition coefficient (Wildman–Crippen LogP) is 1.12. The van der Waals surface area contributed by atoms with Gasteiger partial charge in [-0.3, -0.25) is 4.79 Å². The molecule has 0 unspecified atom stereocenters. The Morgan fingerprint density at radius 2 is 2.05 bits per heavy atom. The van der Waals surface area contributed by atoms with Crippen molar-refractivity contribution in [1.29, 1.82) is 0 Å². The van der Waals surface area contributed by atoms with Gasteiger partial charge in [0.05, 0.1) is 25.2 Å². The smallest absolute Gasteiger partial charge is 0.200 e. The number of anilines is 1. The zero-order chi connectivity index (χ0) is 13.2. The fourth-order valence-corrected chi connectivity index (χ4v) is 2.29. The average molecular weight is 261 g/mol. The van der Waals surface area contributed by atoms with Crippen molar-refractivity contribution in [3.63, 3.8) is 0 Å². The minimum atomic E-state index is -0.146. The maximum Gasteiger partial charge on any atom is 0.200 e. The molecule has 0 bridgehead atoms. The number of ether oxygens (including phenoxy) is 1. The Morgan fingerprint density at radius 1 is 1.26 bits per heavy atom. The van der Waals surface area contributed by atoms with Crippen LogP contribution in [0.25, 0.3) is 11.0 Å². The van der Waals surface area contributed by atoms with Gasteiger partial charge in [-0.15, -0.1) is 0 Å². The summed E-state index contributed by atoms with van der Waals surface area (Å²) in [6.07, 6.45) is 0. The lowest BCUT2D eigenvalue weighted by Gasteiger charge is -2.27. The van der Waals surface area contributed by atoms with E-state index in [4.69, 9.17) is 9.15 Å². The van der Waals surface area contributed by atoms with E-state index in [1.165, 1.54) is 6.07 Å². The van der Waals surface area contributed by atoms with Crippen LogP contribution in [0, 0.1) is 0 Å². The van der Waals surface area contributed by atoms with Crippen LogP contribution in [0.4, 0.5) is 5.88 Å². The van der Waals surface area contributed by atoms with Crippen LogP contribution in [-0.4, -0.2) is 31.4 Å². The minimum absolute atomic E-state index is 0.0851. The van der Waals surface area contributed by atoms with Crippen LogP contribution in [0.1, 0.15) is 5.56 Å². The number of hydrogen-bond donors (Lipinski definition) is 1. The molecule has 0 aliphatic carbocycles. The van der Waals surface area contributed by atoms with Crippen molar-refractivity contribution in [2.75, 3.05) is 31.2 Å². The largest absolute Gasteiger partial charge is 0.440 e. The standard InChI is InChI=1S/C14H15NO4/c16-9-10-2-1-3-11-12(17)8-13(19-14(10)11)15-4-6-18-7-5-15/h1-3,8,16H,4-7,9H2. The van der Waals surface area contributed by atoms with Gasteiger partial charge in [0.15, 0.2) is 11.3 Å². The Labute approximate surface area is 110 Å². The fourth-order valence-electron chi connectivity index (χ4n) is 2.29. The number of aliphatic hydroxyl groups is 1. The van der Waals surface area contributed by atoms with Crippen LogP contribution in [0.5, 0.6) is 0 Å². The second-order valence-electron chi connectivity index (χ2n) is 4.50. The van der Waals surface area contributed by atoms with Gasteiger partial charge in [0.25, 0.3) is 0 Å². The molecule has 2 heterocycles. The zero-order valence-corrected chi connectivity index (χ0v) is 10.5. The summed E-state index contributed by atoms with van der Waals surface area (Å²) in [6.45, 7) is 2.52. The highest BCUT2D eigenvalue weighted by Crippen LogP contribution is 2.22. The zero-order valence-electron chi connectivity index (χ0n) is 10.5. The summed E-state index contributed by atoms with van der Waals surface area (Å²) in [5, 5.41) is 9.84. The molecule has 1 aromatic heterocycles. The Kier molecular flexibility index (Phi) is 3.23. The van der Waals surface area contributed by atoms with Gasteiger partial charge in [-0.25, -0.2) is 0 Å². The molecule has 1 aliphatic heterocycles. The van der Waals surface area contributed by atoms with E-state index in [2.05, 4.69) is 0 Å². The van der Waals surface area contributed by atoms with Crippen LogP contribution in [0.3, 0.4) is 0 Å². The minimum Gasteiger partial charge on any atom is -0.440 e. The Bertz CT molecular complexity index is 643. The van der Waals surface area contributed by atoms with E-state index in [9.17, 15) is 9.90 Å². The lowest BCUT2D eigenvalue weighted by molar-refractivity contribution is 0.121. The van der Waals surface area contributed by atoms with Crippen molar-refractivity contribution in [2.24, 2.45) is 0 Å². The monoisotopic (exact) mass is 261 g/mol. The maximum absolute atomic E-state index is 12.1. The number of nitrogens with zero attached hydrogens (tertiary/aromatic N) is 1. The SMILES string of the molecule is O=c1cc(N2CCOCC2)oc2c(CO)cccc12. The van der Waals surface area contributed by atoms with Crippen LogP contribution >= 0.6 is 0 Å². The second-order valence-corrected chi connectivity index (χ2v) is 4.50. The molecule has 0 atom stereocenters. The van der Waals surface area contributed by atoms with Crippen molar-refractivity contribution in [3.8, 4) is 0 Å². The van der Waals surface area contributed by atoms with E-state index >= 15 is 0 Å². The van der Waals surface area contributed by atoms with E-state index in [0.29, 0.717) is 48.7 Å². The van der Waals surface area contributed by atoms with Gasteiger partial charge in [-0.1, -0.05) is 12.1 Å². The number of benzene rings is 1. The normalized spacial score (nSPS) is 15.9. The molecule has 0 saturated carbocycles. The molecule has 1 N–H and O–H groups in total. The third kappa shape index (κ3) is 2.22. The van der Waals surface area contributed by atoms with E-state index in [0.717, 1.165) is 0 Å². The quantitative estimate of drug-likeness (QED) is 0.877. The first-order valence-electron chi connectivity index (χ1n) is 6.29. The average Bonchev–Trinajstić information content (AvgIpc) is 2.47. The Hall–Kier alpha value is -1.85. The molecular weight excluding hydrogens is 246 g/mol. The number of morpholine rings is 1. The molecule has 3 rings (SSSR count). The van der Waals surface area contributed by atoms with Gasteiger partial charge >= 0.3 is 0 Å². The van der Waals surface area contributed by atoms with E-state index in [-0.39, 0.29) is 12.0 Å². The summed E-state index contributed by atoms with van der Waals surface area (Å²) in [4.78, 5) is 14.1. The Morgan fingerprint density at radius 3 is 2.79 bits per heavy atom. The third-order valence-corrected chi connectivity index (χ3v) is 3.32. The van der Waals surface area contributed by atoms with Gasteiger partial charge in [-0.05, 0) is 6.07 Å². The second kappa shape index (κ2) is 5.03. The molecule has 1 aromatic carbocycles. The first-order chi connectivity index (χ1) is 9.29. The van der Waals surface area contributed by atoms with Crippen molar-refractivity contribution in [3.05, 3.63) is 40.1 Å². The first-order valence-corrected chi connectivity index (χ1v) is 6.29. The summed E-state index contributed by atoms with van der Waals surface area (Å²) in [5.41, 5.74) is 1.02. The molecule has 0 amide bonds. The van der Waals surface area contributed by atoms with Crippen LogP contribution in [0.15, 0.2) is 33.5 Å². The van der Waals surface area contributed by atoms with Crippen molar-refractivity contribution in [1.82, 2.24) is 0 Å². The van der Waals surface area contributed by atoms with Gasteiger partial charge < -0.3 is 19.2 Å². The van der Waals surface area contributed by atoms with E-state index in [1.807, 2.05) is 4.90 Å². The number of aliphatic hydroxyl groups excluding tert-OH is 1. The highest BCUT2D eigenvalue weighted by molar-refractivity contribution is 5.80. The van der Waals surface area contributed by atoms with Crippen LogP contribution < -0.4 is 10.3 Å². The first kappa shape index (κ1) is 12.2. The predicted molar refractivity (Wildman–Crippen MR) is 71.4 cm³/mol. The number of hydrogen-bond acceptors (Lipinski definition) is 5. The number of rotatable bonds is 2. The summed E-state index contributed by atoms with van der Waals surface area (Å²) >= 11 is 0. The fraction of sp³-hybridized carbons (Fsp3) is 0.357. The van der Waals surface area contributed by atoms with Gasteiger partial charge in [-0.2, -0.15) is 0 Å². The molecule has 5 nitrogen and oxygen atoms in total. The molecule has 0 spiro atoms. The molecule has 0 radical (unpaired) electrons. The Balaban J connectivity index is 2.14. The van der Waals surface area contributed by atoms with Crippen molar-refractivity contribution < 1.29 is 14.3 Å². The van der Waals surface area contributed by atoms with Gasteiger partial charge in [0.1, 0.15) is 5.58 Å². The number of fused-ring (bicyclic) bond motifs is 1. The summed E-state index contributed by atoms with van der Waals surface area (Å²) in [7, 11) is 0. The lowest BCUT2D eigenvalue weighted by Crippen LogP contribution is -2.36. The summed E-state index contributed by atoms with van der Waals surface area (Å²) in [5.74, 6) is 0.543. The van der Waals surface area contributed by atoms with E-state index < -0.39 is 0 Å². The molecule has 1 fully saturated rings. The molecule has 1 saturated heterocycles. The lowest BCUT2D eigenvalue weighted by atomic mass is 10.1. The highest BCUT2D eigenvalue weighted by atomic mass is 16.5. The molecular formula is C14H15NO4. The summed E-state index contributed by atoms with van der Waals surface area (Å²) in [6, 6.07) is 6.73. The molecule has 2 aromatic rings. The molecule has 1 aliphatic rings. The van der Waals surface area contributed by atoms with Gasteiger partial charge in [0, 0.05) is 24.7 Å². The summed E-state index contributed by atoms with van der Waals surface area (Å²) < 4.78 is 11.1. The van der Waals surface area contributed by atoms with E-state index in [1.54, 1.807) is 18.2 Å². The molecule has 100 valence electrons.